The SMILES string of the molecule is CCS(=O)(=O)NCCN1CCCS(=O)(=O)CC1. The number of sulfonamides is 1. The van der Waals surface area contributed by atoms with E-state index in [4.69, 9.17) is 0 Å². The zero-order valence-electron chi connectivity index (χ0n) is 10.1. The largest absolute Gasteiger partial charge is 0.301 e. The van der Waals surface area contributed by atoms with Crippen LogP contribution in [0.4, 0.5) is 0 Å². The lowest BCUT2D eigenvalue weighted by atomic mass is 10.4. The number of nitrogens with one attached hydrogen (secondary N) is 1. The van der Waals surface area contributed by atoms with E-state index in [9.17, 15) is 16.8 Å². The molecule has 0 aromatic rings. The van der Waals surface area contributed by atoms with E-state index < -0.39 is 19.9 Å². The van der Waals surface area contributed by atoms with E-state index in [1.807, 2.05) is 4.90 Å². The van der Waals surface area contributed by atoms with Crippen LogP contribution in [0.3, 0.4) is 0 Å². The summed E-state index contributed by atoms with van der Waals surface area (Å²) in [4.78, 5) is 1.99. The molecule has 0 saturated carbocycles. The van der Waals surface area contributed by atoms with E-state index in [0.29, 0.717) is 32.6 Å². The monoisotopic (exact) mass is 284 g/mol. The van der Waals surface area contributed by atoms with Gasteiger partial charge < -0.3 is 4.90 Å². The van der Waals surface area contributed by atoms with E-state index in [0.717, 1.165) is 0 Å². The first kappa shape index (κ1) is 14.9. The van der Waals surface area contributed by atoms with Crippen LogP contribution in [0.5, 0.6) is 0 Å². The van der Waals surface area contributed by atoms with Gasteiger partial charge in [0.15, 0.2) is 9.84 Å². The van der Waals surface area contributed by atoms with Crippen molar-refractivity contribution in [3.05, 3.63) is 0 Å². The lowest BCUT2D eigenvalue weighted by Gasteiger charge is -2.18. The van der Waals surface area contributed by atoms with Crippen molar-refractivity contribution in [1.29, 1.82) is 0 Å². The molecular formula is C9H20N2O4S2. The van der Waals surface area contributed by atoms with E-state index in [1.54, 1.807) is 6.92 Å². The van der Waals surface area contributed by atoms with Crippen molar-refractivity contribution >= 4 is 19.9 Å². The fourth-order valence-electron chi connectivity index (χ4n) is 1.68. The van der Waals surface area contributed by atoms with Gasteiger partial charge in [-0.2, -0.15) is 0 Å². The highest BCUT2D eigenvalue weighted by Crippen LogP contribution is 2.04. The van der Waals surface area contributed by atoms with Crippen LogP contribution in [0.1, 0.15) is 13.3 Å². The molecule has 0 bridgehead atoms. The summed E-state index contributed by atoms with van der Waals surface area (Å²) in [6.45, 7) is 3.70. The third kappa shape index (κ3) is 5.80. The van der Waals surface area contributed by atoms with Gasteiger partial charge in [0.2, 0.25) is 10.0 Å². The number of hydrogen-bond acceptors (Lipinski definition) is 5. The molecule has 8 heteroatoms. The molecule has 0 aromatic carbocycles. The molecule has 0 unspecified atom stereocenters. The van der Waals surface area contributed by atoms with Crippen LogP contribution in [0, 0.1) is 0 Å². The molecule has 102 valence electrons. The Balaban J connectivity index is 2.34. The molecule has 0 radical (unpaired) electrons. The molecule has 1 aliphatic rings. The quantitative estimate of drug-likeness (QED) is 0.703. The van der Waals surface area contributed by atoms with Crippen molar-refractivity contribution < 1.29 is 16.8 Å². The van der Waals surface area contributed by atoms with Gasteiger partial charge in [0.1, 0.15) is 0 Å². The van der Waals surface area contributed by atoms with Crippen LogP contribution in [0.15, 0.2) is 0 Å². The summed E-state index contributed by atoms with van der Waals surface area (Å²) in [5, 5.41) is 0. The van der Waals surface area contributed by atoms with Gasteiger partial charge >= 0.3 is 0 Å². The molecule has 0 aliphatic carbocycles. The number of sulfone groups is 1. The van der Waals surface area contributed by atoms with Crippen molar-refractivity contribution in [2.24, 2.45) is 0 Å². The Morgan fingerprint density at radius 2 is 1.94 bits per heavy atom. The van der Waals surface area contributed by atoms with Crippen LogP contribution >= 0.6 is 0 Å². The van der Waals surface area contributed by atoms with E-state index >= 15 is 0 Å². The van der Waals surface area contributed by atoms with Gasteiger partial charge in [0.25, 0.3) is 0 Å². The lowest BCUT2D eigenvalue weighted by Crippen LogP contribution is -2.36. The summed E-state index contributed by atoms with van der Waals surface area (Å²) in [5.41, 5.74) is 0. The molecule has 1 heterocycles. The van der Waals surface area contributed by atoms with Gasteiger partial charge in [0, 0.05) is 19.6 Å². The minimum absolute atomic E-state index is 0.0708. The highest BCUT2D eigenvalue weighted by Gasteiger charge is 2.18. The van der Waals surface area contributed by atoms with Crippen molar-refractivity contribution in [3.63, 3.8) is 0 Å². The smallest absolute Gasteiger partial charge is 0.211 e. The maximum atomic E-state index is 11.4. The Morgan fingerprint density at radius 3 is 2.59 bits per heavy atom. The van der Waals surface area contributed by atoms with E-state index in [-0.39, 0.29) is 17.3 Å². The first-order chi connectivity index (χ1) is 7.85. The topological polar surface area (TPSA) is 83.6 Å². The van der Waals surface area contributed by atoms with Gasteiger partial charge in [0.05, 0.1) is 17.3 Å². The normalized spacial score (nSPS) is 22.2. The second-order valence-corrected chi connectivity index (χ2v) is 8.54. The summed E-state index contributed by atoms with van der Waals surface area (Å²) >= 11 is 0. The van der Waals surface area contributed by atoms with Crippen LogP contribution in [-0.4, -0.2) is 65.2 Å². The van der Waals surface area contributed by atoms with Crippen LogP contribution < -0.4 is 4.72 Å². The van der Waals surface area contributed by atoms with Crippen LogP contribution in [-0.2, 0) is 19.9 Å². The van der Waals surface area contributed by atoms with Gasteiger partial charge in [-0.05, 0) is 19.9 Å². The second-order valence-electron chi connectivity index (χ2n) is 4.14. The van der Waals surface area contributed by atoms with E-state index in [2.05, 4.69) is 4.72 Å². The molecule has 0 spiro atoms. The van der Waals surface area contributed by atoms with Gasteiger partial charge in [-0.15, -0.1) is 0 Å². The molecule has 1 rings (SSSR count). The van der Waals surface area contributed by atoms with Gasteiger partial charge in [-0.1, -0.05) is 0 Å². The summed E-state index contributed by atoms with van der Waals surface area (Å²) in [7, 11) is -6.04. The van der Waals surface area contributed by atoms with Crippen LogP contribution in [0.2, 0.25) is 0 Å². The van der Waals surface area contributed by atoms with Gasteiger partial charge in [-0.3, -0.25) is 0 Å². The number of hydrogen-bond donors (Lipinski definition) is 1. The lowest BCUT2D eigenvalue weighted by molar-refractivity contribution is 0.300. The number of rotatable bonds is 5. The molecular weight excluding hydrogens is 264 g/mol. The Hall–Kier alpha value is -0.180. The summed E-state index contributed by atoms with van der Waals surface area (Å²) in [6, 6.07) is 0. The predicted molar refractivity (Wildman–Crippen MR) is 67.2 cm³/mol. The Bertz CT molecular complexity index is 430. The molecule has 1 N–H and O–H groups in total. The maximum absolute atomic E-state index is 11.4. The Kier molecular flexibility index (Phi) is 5.36. The summed E-state index contributed by atoms with van der Waals surface area (Å²) < 4.78 is 47.6. The maximum Gasteiger partial charge on any atom is 0.211 e. The van der Waals surface area contributed by atoms with Crippen molar-refractivity contribution in [2.45, 2.75) is 13.3 Å². The molecule has 0 aromatic heterocycles. The third-order valence-corrected chi connectivity index (χ3v) is 5.90. The fraction of sp³-hybridized carbons (Fsp3) is 1.00. The summed E-state index contributed by atoms with van der Waals surface area (Å²) in [5.74, 6) is 0.485. The first-order valence-electron chi connectivity index (χ1n) is 5.75. The van der Waals surface area contributed by atoms with E-state index in [1.165, 1.54) is 0 Å². The number of nitrogens with zero attached hydrogens (tertiary/aromatic N) is 1. The zero-order chi connectivity index (χ0) is 12.9. The Morgan fingerprint density at radius 1 is 1.24 bits per heavy atom. The van der Waals surface area contributed by atoms with Gasteiger partial charge in [-0.25, -0.2) is 21.6 Å². The fourth-order valence-corrected chi connectivity index (χ4v) is 3.59. The van der Waals surface area contributed by atoms with Crippen molar-refractivity contribution in [3.8, 4) is 0 Å². The molecule has 1 fully saturated rings. The molecule has 0 amide bonds. The standard InChI is InChI=1S/C9H20N2O4S2/c1-2-17(14,15)10-4-6-11-5-3-8-16(12,13)9-7-11/h10H,2-9H2,1H3. The highest BCUT2D eigenvalue weighted by atomic mass is 32.2. The average molecular weight is 284 g/mol. The minimum atomic E-state index is -3.15. The average Bonchev–Trinajstić information content (AvgIpc) is 2.40. The third-order valence-electron chi connectivity index (χ3n) is 2.78. The summed E-state index contributed by atoms with van der Waals surface area (Å²) in [6.07, 6.45) is 0.628. The Labute approximate surface area is 103 Å². The molecule has 1 saturated heterocycles. The minimum Gasteiger partial charge on any atom is -0.301 e. The first-order valence-corrected chi connectivity index (χ1v) is 9.22. The molecule has 17 heavy (non-hydrogen) atoms. The molecule has 1 aliphatic heterocycles. The second kappa shape index (κ2) is 6.12. The molecule has 0 atom stereocenters. The predicted octanol–water partition coefficient (Wildman–Crippen LogP) is -0.954. The molecule has 6 nitrogen and oxygen atoms in total. The zero-order valence-corrected chi connectivity index (χ0v) is 11.7. The highest BCUT2D eigenvalue weighted by molar-refractivity contribution is 7.91. The van der Waals surface area contributed by atoms with Crippen molar-refractivity contribution in [2.75, 3.05) is 43.4 Å². The van der Waals surface area contributed by atoms with Crippen LogP contribution in [0.25, 0.3) is 0 Å². The van der Waals surface area contributed by atoms with Crippen molar-refractivity contribution in [1.82, 2.24) is 9.62 Å².